The van der Waals surface area contributed by atoms with E-state index in [-0.39, 0.29) is 0 Å². The highest BCUT2D eigenvalue weighted by molar-refractivity contribution is 8.23. The van der Waals surface area contributed by atoms with E-state index in [1.807, 2.05) is 0 Å². The number of imidazole rings is 1. The Morgan fingerprint density at radius 1 is 1.33 bits per heavy atom. The molecule has 0 fully saturated rings. The van der Waals surface area contributed by atoms with Gasteiger partial charge < -0.3 is 0 Å². The third-order valence-electron chi connectivity index (χ3n) is 1.62. The molecule has 0 spiro atoms. The van der Waals surface area contributed by atoms with Crippen LogP contribution in [0.15, 0.2) is 36.1 Å². The molecule has 15 heavy (non-hydrogen) atoms. The summed E-state index contributed by atoms with van der Waals surface area (Å²) >= 11 is 7.91. The van der Waals surface area contributed by atoms with Crippen LogP contribution in [0.1, 0.15) is 0 Å². The number of aromatic nitrogens is 4. The highest BCUT2D eigenvalue weighted by Crippen LogP contribution is 2.12. The molecule has 0 aliphatic carbocycles. The average Bonchev–Trinajstić information content (AvgIpc) is 2.69. The molecule has 0 bridgehead atoms. The van der Waals surface area contributed by atoms with E-state index in [0.29, 0.717) is 16.0 Å². The Morgan fingerprint density at radius 2 is 2.20 bits per heavy atom. The first-order valence-electron chi connectivity index (χ1n) is 4.03. The van der Waals surface area contributed by atoms with E-state index in [9.17, 15) is 0 Å². The SMILES string of the molecule is SC(S)=Nc1cc(-n2ccnc2)ncn1. The second-order valence-corrected chi connectivity index (χ2v) is 3.82. The molecule has 2 rings (SSSR count). The van der Waals surface area contributed by atoms with Crippen molar-refractivity contribution in [3.05, 3.63) is 31.1 Å². The monoisotopic (exact) mass is 237 g/mol. The molecule has 2 aromatic heterocycles. The van der Waals surface area contributed by atoms with Crippen LogP contribution in [0, 0.1) is 0 Å². The third kappa shape index (κ3) is 2.57. The van der Waals surface area contributed by atoms with Crippen molar-refractivity contribution in [1.29, 1.82) is 0 Å². The van der Waals surface area contributed by atoms with Crippen LogP contribution in [-0.2, 0) is 0 Å². The lowest BCUT2D eigenvalue weighted by molar-refractivity contribution is 0.970. The van der Waals surface area contributed by atoms with Crippen LogP contribution in [0.3, 0.4) is 0 Å². The first kappa shape index (κ1) is 10.2. The number of hydrogen-bond acceptors (Lipinski definition) is 4. The van der Waals surface area contributed by atoms with Crippen LogP contribution >= 0.6 is 25.3 Å². The minimum Gasteiger partial charge on any atom is -0.290 e. The largest absolute Gasteiger partial charge is 0.290 e. The standard InChI is InChI=1S/C8H7N5S2/c14-8(15)12-6-3-7(11-4-10-6)13-2-1-9-5-13/h1-5H,(H2,10,11,12,14,15). The molecule has 0 aromatic carbocycles. The van der Waals surface area contributed by atoms with Crippen LogP contribution in [0.25, 0.3) is 5.82 Å². The smallest absolute Gasteiger partial charge is 0.159 e. The van der Waals surface area contributed by atoms with Crippen molar-refractivity contribution in [3.8, 4) is 5.82 Å². The molecular formula is C8H7N5S2. The summed E-state index contributed by atoms with van der Waals surface area (Å²) in [5.41, 5.74) is 0. The van der Waals surface area contributed by atoms with Crippen molar-refractivity contribution in [2.75, 3.05) is 0 Å². The van der Waals surface area contributed by atoms with Gasteiger partial charge in [-0.05, 0) is 0 Å². The van der Waals surface area contributed by atoms with E-state index in [2.05, 4.69) is 45.2 Å². The molecule has 0 aliphatic heterocycles. The minimum absolute atomic E-state index is 0.352. The fraction of sp³-hybridized carbons (Fsp3) is 0. The lowest BCUT2D eigenvalue weighted by atomic mass is 10.5. The van der Waals surface area contributed by atoms with Gasteiger partial charge in [-0.15, -0.1) is 25.3 Å². The summed E-state index contributed by atoms with van der Waals surface area (Å²) in [6.45, 7) is 0. The van der Waals surface area contributed by atoms with E-state index < -0.39 is 0 Å². The van der Waals surface area contributed by atoms with Gasteiger partial charge in [-0.1, -0.05) is 0 Å². The zero-order valence-electron chi connectivity index (χ0n) is 7.52. The van der Waals surface area contributed by atoms with Crippen LogP contribution in [0.4, 0.5) is 5.82 Å². The molecule has 0 radical (unpaired) electrons. The van der Waals surface area contributed by atoms with Gasteiger partial charge in [0.15, 0.2) is 5.82 Å². The number of thiol groups is 2. The summed E-state index contributed by atoms with van der Waals surface area (Å²) < 4.78 is 2.11. The highest BCUT2D eigenvalue weighted by atomic mass is 32.2. The molecule has 2 heterocycles. The van der Waals surface area contributed by atoms with Gasteiger partial charge >= 0.3 is 0 Å². The molecule has 0 N–H and O–H groups in total. The highest BCUT2D eigenvalue weighted by Gasteiger charge is 1.99. The van der Waals surface area contributed by atoms with Gasteiger partial charge in [0.2, 0.25) is 0 Å². The Kier molecular flexibility index (Phi) is 3.02. The zero-order valence-corrected chi connectivity index (χ0v) is 9.31. The van der Waals surface area contributed by atoms with E-state index in [4.69, 9.17) is 0 Å². The third-order valence-corrected chi connectivity index (χ3v) is 1.82. The van der Waals surface area contributed by atoms with Crippen LogP contribution in [0.2, 0.25) is 0 Å². The predicted octanol–water partition coefficient (Wildman–Crippen LogP) is 1.51. The summed E-state index contributed by atoms with van der Waals surface area (Å²) in [6, 6.07) is 1.72. The average molecular weight is 237 g/mol. The summed E-state index contributed by atoms with van der Waals surface area (Å²) in [5, 5.41) is 0. The molecule has 0 amide bonds. The second kappa shape index (κ2) is 4.45. The van der Waals surface area contributed by atoms with Crippen molar-refractivity contribution < 1.29 is 0 Å². The lowest BCUT2D eigenvalue weighted by Gasteiger charge is -2.00. The van der Waals surface area contributed by atoms with Crippen molar-refractivity contribution in [2.45, 2.75) is 0 Å². The van der Waals surface area contributed by atoms with E-state index in [1.54, 1.807) is 29.4 Å². The van der Waals surface area contributed by atoms with Crippen molar-refractivity contribution >= 4 is 35.5 Å². The maximum Gasteiger partial charge on any atom is 0.159 e. The molecular weight excluding hydrogens is 230 g/mol. The molecule has 5 nitrogen and oxygen atoms in total. The molecule has 0 saturated heterocycles. The zero-order chi connectivity index (χ0) is 10.7. The first-order chi connectivity index (χ1) is 7.25. The molecule has 76 valence electrons. The van der Waals surface area contributed by atoms with Crippen molar-refractivity contribution in [3.63, 3.8) is 0 Å². The number of aliphatic imine (C=N–C) groups is 1. The topological polar surface area (TPSA) is 56.0 Å². The molecule has 7 heteroatoms. The van der Waals surface area contributed by atoms with Gasteiger partial charge in [-0.25, -0.2) is 19.9 Å². The Balaban J connectivity index is 2.39. The van der Waals surface area contributed by atoms with Gasteiger partial charge in [-0.3, -0.25) is 4.57 Å². The maximum atomic E-state index is 4.08. The van der Waals surface area contributed by atoms with Crippen LogP contribution in [0.5, 0.6) is 0 Å². The first-order valence-corrected chi connectivity index (χ1v) is 4.92. The summed E-state index contributed by atoms with van der Waals surface area (Å²) in [5.74, 6) is 1.21. The minimum atomic E-state index is 0.352. The van der Waals surface area contributed by atoms with E-state index in [1.165, 1.54) is 6.33 Å². The van der Waals surface area contributed by atoms with E-state index in [0.717, 1.165) is 0 Å². The predicted molar refractivity (Wildman–Crippen MR) is 64.2 cm³/mol. The van der Waals surface area contributed by atoms with Crippen LogP contribution in [-0.4, -0.2) is 23.9 Å². The van der Waals surface area contributed by atoms with Crippen LogP contribution < -0.4 is 0 Å². The van der Waals surface area contributed by atoms with E-state index >= 15 is 0 Å². The van der Waals surface area contributed by atoms with Gasteiger partial charge in [0.05, 0.1) is 0 Å². The van der Waals surface area contributed by atoms with Crippen molar-refractivity contribution in [1.82, 2.24) is 19.5 Å². The van der Waals surface area contributed by atoms with Gasteiger partial charge in [0, 0.05) is 18.5 Å². The molecule has 0 unspecified atom stereocenters. The molecule has 0 atom stereocenters. The maximum absolute atomic E-state index is 4.08. The molecule has 2 aromatic rings. The molecule has 0 aliphatic rings. The summed E-state index contributed by atoms with van der Waals surface area (Å²) in [6.07, 6.45) is 6.54. The molecule has 0 saturated carbocycles. The fourth-order valence-corrected chi connectivity index (χ4v) is 1.24. The Morgan fingerprint density at radius 3 is 2.87 bits per heavy atom. The number of hydrogen-bond donors (Lipinski definition) is 2. The number of nitrogens with zero attached hydrogens (tertiary/aromatic N) is 5. The number of rotatable bonds is 2. The fourth-order valence-electron chi connectivity index (χ4n) is 1.04. The van der Waals surface area contributed by atoms with Gasteiger partial charge in [0.25, 0.3) is 0 Å². The Hall–Kier alpha value is -1.34. The van der Waals surface area contributed by atoms with Crippen molar-refractivity contribution in [2.24, 2.45) is 4.99 Å². The summed E-state index contributed by atoms with van der Waals surface area (Å²) in [4.78, 5) is 16.0. The van der Waals surface area contributed by atoms with Gasteiger partial charge in [0.1, 0.15) is 22.8 Å². The normalized spacial score (nSPS) is 10.0. The Labute approximate surface area is 97.1 Å². The Bertz CT molecular complexity index is 476. The van der Waals surface area contributed by atoms with Gasteiger partial charge in [-0.2, -0.15) is 0 Å². The second-order valence-electron chi connectivity index (χ2n) is 2.62. The summed E-state index contributed by atoms with van der Waals surface area (Å²) in [7, 11) is 0. The lowest BCUT2D eigenvalue weighted by Crippen LogP contribution is -1.94. The quantitative estimate of drug-likeness (QED) is 0.473.